The van der Waals surface area contributed by atoms with Gasteiger partial charge in [-0.25, -0.2) is 41.9 Å². The van der Waals surface area contributed by atoms with E-state index in [4.69, 9.17) is 24.9 Å². The number of nitrogens with zero attached hydrogens (tertiary/aromatic N) is 7. The molecule has 11 N–H and O–H groups in total. The van der Waals surface area contributed by atoms with Crippen LogP contribution in [0.3, 0.4) is 0 Å². The second-order valence-corrected chi connectivity index (χ2v) is 43.6. The molecule has 35 nitrogen and oxygen atoms in total. The number of nitrogens with two attached hydrogens (primary N) is 1. The van der Waals surface area contributed by atoms with Crippen LogP contribution in [-0.2, 0) is 174 Å². The number of Topliss-reactive ketones (excluding diaryl/α,β-unsaturated/α-hetero) is 1. The van der Waals surface area contributed by atoms with Crippen molar-refractivity contribution < 1.29 is 122 Å². The first-order valence-electron chi connectivity index (χ1n) is 40.6. The molecule has 4 fully saturated rings. The van der Waals surface area contributed by atoms with E-state index in [0.717, 1.165) is 34.7 Å². The number of carboxylic acids is 1. The predicted octanol–water partition coefficient (Wildman–Crippen LogP) is 13.0. The van der Waals surface area contributed by atoms with Crippen molar-refractivity contribution in [3.05, 3.63) is 188 Å². The minimum Gasteiger partial charge on any atom is -0.480 e. The van der Waals surface area contributed by atoms with Gasteiger partial charge in [0.05, 0.1) is 31.2 Å². The van der Waals surface area contributed by atoms with Gasteiger partial charge in [-0.3, -0.25) is 56.7 Å². The lowest BCUT2D eigenvalue weighted by Gasteiger charge is -2.27. The summed E-state index contributed by atoms with van der Waals surface area (Å²) in [6.07, 6.45) is -3.70. The van der Waals surface area contributed by atoms with Crippen molar-refractivity contribution in [2.75, 3.05) is 47.9 Å². The number of halogens is 6. The Bertz CT molecular complexity index is 7090. The summed E-state index contributed by atoms with van der Waals surface area (Å²) in [5, 5.41) is 28.1. The molecule has 54 heteroatoms. The maximum atomic E-state index is 14.6. The number of aliphatic carboxylic acids is 1. The number of carboxylic acid groups (broad SMARTS) is 1. The number of nitrogens with one attached hydrogen (secondary N) is 4. The van der Waals surface area contributed by atoms with E-state index >= 15 is 0 Å². The second-order valence-electron chi connectivity index (χ2n) is 32.7. The van der Waals surface area contributed by atoms with Gasteiger partial charge in [0, 0.05) is 201 Å². The minimum absolute atomic E-state index is 0. The molecule has 4 aliphatic heterocycles. The van der Waals surface area contributed by atoms with Crippen molar-refractivity contribution in [1.29, 1.82) is 0 Å². The number of amides is 6. The zero-order valence-corrected chi connectivity index (χ0v) is 86.9. The number of alkyl halides is 4. The Kier molecular flexibility index (Phi) is 43.7. The first-order chi connectivity index (χ1) is 64.6. The van der Waals surface area contributed by atoms with Crippen molar-refractivity contribution in [3.8, 4) is 11.1 Å². The molecule has 6 amide bonds. The molecule has 754 valence electrons. The van der Waals surface area contributed by atoms with E-state index in [2.05, 4.69) is 103 Å². The summed E-state index contributed by atoms with van der Waals surface area (Å²) in [6, 6.07) is 37.6. The van der Waals surface area contributed by atoms with Crippen molar-refractivity contribution in [2.45, 2.75) is 167 Å². The molecule has 9 aromatic carbocycles. The maximum absolute atomic E-state index is 14.6. The van der Waals surface area contributed by atoms with Gasteiger partial charge in [0.25, 0.3) is 40.5 Å². The fourth-order valence-corrected chi connectivity index (χ4v) is 17.5. The normalized spacial score (nSPS) is 17.6. The van der Waals surface area contributed by atoms with Crippen LogP contribution in [0.1, 0.15) is 90.5 Å². The summed E-state index contributed by atoms with van der Waals surface area (Å²) in [5.74, 6) is -2.97. The van der Waals surface area contributed by atoms with Gasteiger partial charge in [-0.15, -0.1) is 24.8 Å². The second kappa shape index (κ2) is 51.7. The number of carbonyl (C=O) groups is 8. The van der Waals surface area contributed by atoms with Crippen LogP contribution < -0.4 is 27.0 Å². The van der Waals surface area contributed by atoms with E-state index < -0.39 is 136 Å². The van der Waals surface area contributed by atoms with Gasteiger partial charge in [0.2, 0.25) is 23.6 Å². The molecule has 0 unspecified atom stereocenters. The molecule has 6 heterocycles. The molecule has 2 aromatic heterocycles. The smallest absolute Gasteiger partial charge is 0.411 e. The van der Waals surface area contributed by atoms with Crippen molar-refractivity contribution in [3.63, 3.8) is 0 Å². The molecule has 11 aromatic rings. The standard InChI is InChI=1S/C31H27FN6O6S.C20H23FN2O6S.C15H15FN2O4S.C10H16FNO4.C10H9NO3S.2ClH.S4.S3.S2/c1-17(39)30-25-11-19(21-13-33-18(2)34-14-21)6-9-26(25)38(36-30)16-29(40)37-15-22(32)12-27(37)31(41)35-23-7-8-24-20(10-23)4-3-5-28(24)45(42,43)44;1-20(2,3)29-19(25)23-11-13(21)10-16(23)18(24)22-14-7-8-15-12(9-14)5-4-6-17(15)30(26,27)28;16-10-7-13(17-8-10)15(19)18-11-4-5-12-9(6-11)2-1-3-14(12)23(20,21)22;1-10(2,3)16-9(15)12-5-6(11)4-7(12)8(13)14;11-8-4-5-9-7(6-8)2-1-3-10(9)15(12,13)14;;;1-3-4-2;1-3-2;1-2/h3-11,13-14,22,27H,12,15-16H2,1-2H3,(H,35,41)(H,42,43,44);4-9,13,16H,10-11H2,1-3H3,(H,22,24)(H,26,27,28);1-6,10,13,17H,7-8H2,(H,18,19)(H,20,21,22);6-7H,4-5H2,1-3H3,(H,13,14);1-6H,11H2,(H,12,13,14);2*1H;;;/t22-,27+;13-,16+;10-,13+;6-,7+;;;;;;/m1111....../s1. The summed E-state index contributed by atoms with van der Waals surface area (Å²) in [6.45, 7) is 12.3. The molecule has 0 spiro atoms. The van der Waals surface area contributed by atoms with Gasteiger partial charge >= 0.3 is 18.2 Å². The van der Waals surface area contributed by atoms with E-state index in [-0.39, 0.29) is 131 Å². The number of aryl methyl sites for hydroxylation is 1. The SMILES string of the molecule is CC(=O)c1nn(CC(=O)N2C[C@H](F)C[C@H]2C(=O)Nc2ccc3c(S(=O)(=O)O)cccc3c2)c2ccc(-c3cnc(C)nc3)cc12.CC(C)(C)OC(=O)N1C[C@H](F)C[C@H]1C(=O)Nc1ccc2c(S(=O)(=O)O)cccc2c1.CC(C)(C)OC(=O)N1C[C@H](F)C[C@H]1C(=O)O.Cl.Cl.Nc1ccc2c(S(=O)(=O)O)cccc2c1.O=C(Nc1ccc2c(S(=O)(=O)O)cccc2c1)[C@@H]1C[C@@H](F)CN1.S=S.S=S=S.S=S=S=S. The van der Waals surface area contributed by atoms with E-state index in [1.165, 1.54) is 120 Å². The van der Waals surface area contributed by atoms with Crippen LogP contribution in [0, 0.1) is 6.92 Å². The molecule has 0 bridgehead atoms. The molecule has 4 aliphatic rings. The highest BCUT2D eigenvalue weighted by atomic mass is 35.5. The number of fused-ring (bicyclic) bond motifs is 5. The summed E-state index contributed by atoms with van der Waals surface area (Å²) < 4.78 is 195. The van der Waals surface area contributed by atoms with Crippen LogP contribution in [0.4, 0.5) is 49.9 Å². The molecule has 0 aliphatic carbocycles. The number of ether oxygens (including phenoxy) is 2. The van der Waals surface area contributed by atoms with Gasteiger partial charge in [0.1, 0.15) is 91.7 Å². The third kappa shape index (κ3) is 33.2. The van der Waals surface area contributed by atoms with Crippen LogP contribution in [0.25, 0.3) is 65.1 Å². The highest BCUT2D eigenvalue weighted by Gasteiger charge is 2.45. The first kappa shape index (κ1) is 119. The maximum Gasteiger partial charge on any atom is 0.411 e. The van der Waals surface area contributed by atoms with Crippen molar-refractivity contribution in [2.24, 2.45) is 0 Å². The van der Waals surface area contributed by atoms with Gasteiger partial charge in [0.15, 0.2) is 5.78 Å². The van der Waals surface area contributed by atoms with Crippen LogP contribution in [-0.4, -0.2) is 225 Å². The molecule has 0 saturated carbocycles. The molecule has 4 saturated heterocycles. The monoisotopic (exact) mass is 2220 g/mol. The number of ketones is 1. The van der Waals surface area contributed by atoms with E-state index in [9.17, 15) is 103 Å². The molecular weight excluding hydrogens is 2130 g/mol. The number of hydrogen-bond acceptors (Lipinski definition) is 29. The van der Waals surface area contributed by atoms with Crippen molar-refractivity contribution >= 4 is 283 Å². The lowest BCUT2D eigenvalue weighted by molar-refractivity contribution is -0.142. The Balaban J connectivity index is 0.000000276. The quantitative estimate of drug-likeness (QED) is 0.0197. The number of likely N-dealkylation sites (tertiary alicyclic amines) is 3. The summed E-state index contributed by atoms with van der Waals surface area (Å²) in [4.78, 5) is 110. The molecule has 8 atom stereocenters. The largest absolute Gasteiger partial charge is 0.480 e. The minimum atomic E-state index is -4.46. The lowest BCUT2D eigenvalue weighted by Crippen LogP contribution is -2.45. The van der Waals surface area contributed by atoms with Gasteiger partial charge in [-0.2, -0.15) is 38.8 Å². The number of rotatable bonds is 15. The van der Waals surface area contributed by atoms with Gasteiger partial charge in [-0.1, -0.05) is 78.9 Å². The highest BCUT2D eigenvalue weighted by molar-refractivity contribution is 8.51. The molecule has 15 rings (SSSR count). The van der Waals surface area contributed by atoms with Crippen LogP contribution in [0.15, 0.2) is 196 Å². The van der Waals surface area contributed by atoms with E-state index in [0.29, 0.717) is 71.8 Å². The summed E-state index contributed by atoms with van der Waals surface area (Å²) in [7, 11) is -14.1. The van der Waals surface area contributed by atoms with Crippen molar-refractivity contribution in [1.82, 2.24) is 39.8 Å². The molecular formula is C86H92Cl2F4N12O23S13. The Labute approximate surface area is 852 Å². The number of nitrogen functional groups attached to an aromatic ring is 1. The van der Waals surface area contributed by atoms with Crippen LogP contribution in [0.2, 0.25) is 0 Å². The van der Waals surface area contributed by atoms with E-state index in [1.54, 1.807) is 134 Å². The van der Waals surface area contributed by atoms with Crippen LogP contribution in [0.5, 0.6) is 0 Å². The Morgan fingerprint density at radius 2 is 0.843 bits per heavy atom. The van der Waals surface area contributed by atoms with Gasteiger partial charge in [-0.05, 0) is 161 Å². The fourth-order valence-electron chi connectivity index (χ4n) is 14.6. The molecule has 0 radical (unpaired) electrons. The number of aromatic nitrogens is 4. The fraction of sp³-hybridized carbons (Fsp3) is 0.314. The molecule has 140 heavy (non-hydrogen) atoms. The van der Waals surface area contributed by atoms with Crippen LogP contribution >= 0.6 is 24.8 Å². The first-order valence-corrected chi connectivity index (χ1v) is 54.3. The zero-order valence-electron chi connectivity index (χ0n) is 74.7. The number of anilines is 4. The summed E-state index contributed by atoms with van der Waals surface area (Å²) >= 11 is 24.2. The number of hydrogen-bond donors (Lipinski definition) is 10. The Hall–Kier alpha value is -10.2. The third-order valence-corrected chi connectivity index (χ3v) is 26.3. The average molecular weight is 2230 g/mol. The van der Waals surface area contributed by atoms with Gasteiger partial charge < -0.3 is 46.5 Å². The Morgan fingerprint density at radius 3 is 1.20 bits per heavy atom. The summed E-state index contributed by atoms with van der Waals surface area (Å²) in [5.41, 5.74) is 7.92. The average Bonchev–Trinajstić information content (AvgIpc) is 1.61. The number of benzene rings is 9. The Morgan fingerprint density at radius 1 is 0.486 bits per heavy atom. The lowest BCUT2D eigenvalue weighted by atomic mass is 10.0. The third-order valence-electron chi connectivity index (χ3n) is 20.4. The topological polar surface area (TPSA) is 520 Å². The predicted molar refractivity (Wildman–Crippen MR) is 548 cm³/mol. The highest BCUT2D eigenvalue weighted by Crippen LogP contribution is 2.35. The van der Waals surface area contributed by atoms with E-state index in [1.807, 2.05) is 0 Å². The zero-order chi connectivity index (χ0) is 103. The number of carbonyl (C=O) groups excluding carboxylic acids is 7.